The zero-order valence-electron chi connectivity index (χ0n) is 8.83. The number of aromatic nitrogens is 2. The first-order valence-electron chi connectivity index (χ1n) is 4.98. The summed E-state index contributed by atoms with van der Waals surface area (Å²) in [6.45, 7) is 4.82. The first-order valence-corrected chi connectivity index (χ1v) is 4.98. The monoisotopic (exact) mass is 194 g/mol. The fourth-order valence-corrected chi connectivity index (χ4v) is 1.28. The Kier molecular flexibility index (Phi) is 4.32. The zero-order chi connectivity index (χ0) is 10.4. The molecule has 78 valence electrons. The minimum Gasteiger partial charge on any atom is -0.366 e. The van der Waals surface area contributed by atoms with Crippen LogP contribution in [0.3, 0.4) is 0 Å². The molecule has 0 saturated heterocycles. The van der Waals surface area contributed by atoms with Crippen molar-refractivity contribution in [1.29, 1.82) is 0 Å². The van der Waals surface area contributed by atoms with Crippen LogP contribution in [-0.2, 0) is 0 Å². The molecule has 14 heavy (non-hydrogen) atoms. The molecule has 0 bridgehead atoms. The molecule has 1 atom stereocenters. The Morgan fingerprint density at radius 3 is 2.79 bits per heavy atom. The van der Waals surface area contributed by atoms with Crippen LogP contribution in [0.1, 0.15) is 25.5 Å². The molecule has 0 saturated carbocycles. The fourth-order valence-electron chi connectivity index (χ4n) is 1.28. The Bertz CT molecular complexity index is 275. The Balaban J connectivity index is 2.47. The van der Waals surface area contributed by atoms with Crippen LogP contribution in [0, 0.1) is 6.92 Å². The van der Waals surface area contributed by atoms with Gasteiger partial charge >= 0.3 is 0 Å². The van der Waals surface area contributed by atoms with E-state index in [9.17, 15) is 0 Å². The molecule has 1 aromatic heterocycles. The molecule has 1 rings (SSSR count). The maximum atomic E-state index is 5.44. The van der Waals surface area contributed by atoms with Crippen molar-refractivity contribution in [3.05, 3.63) is 18.1 Å². The van der Waals surface area contributed by atoms with Crippen molar-refractivity contribution in [2.75, 3.05) is 11.9 Å². The molecule has 0 aliphatic heterocycles. The van der Waals surface area contributed by atoms with Crippen LogP contribution in [0.4, 0.5) is 5.82 Å². The highest BCUT2D eigenvalue weighted by Gasteiger charge is 2.04. The van der Waals surface area contributed by atoms with Crippen molar-refractivity contribution in [3.8, 4) is 0 Å². The first-order chi connectivity index (χ1) is 6.74. The summed E-state index contributed by atoms with van der Waals surface area (Å²) in [5.74, 6) is 0.872. The maximum absolute atomic E-state index is 5.44. The summed E-state index contributed by atoms with van der Waals surface area (Å²) in [6, 6.07) is 0.397. The van der Waals surface area contributed by atoms with E-state index in [1.54, 1.807) is 12.4 Å². The van der Waals surface area contributed by atoms with Gasteiger partial charge in [0.15, 0.2) is 0 Å². The summed E-state index contributed by atoms with van der Waals surface area (Å²) in [7, 11) is 0. The molecule has 1 unspecified atom stereocenters. The van der Waals surface area contributed by atoms with Crippen LogP contribution < -0.4 is 11.1 Å². The fraction of sp³-hybridized carbons (Fsp3) is 0.600. The summed E-state index contributed by atoms with van der Waals surface area (Å²) in [5, 5.41) is 3.32. The molecule has 0 aromatic carbocycles. The Morgan fingerprint density at radius 1 is 1.43 bits per heavy atom. The smallest absolute Gasteiger partial charge is 0.147 e. The SMILES string of the molecule is Cc1nccnc1NC(C)CCCN. The van der Waals surface area contributed by atoms with Crippen molar-refractivity contribution in [2.24, 2.45) is 5.73 Å². The predicted octanol–water partition coefficient (Wildman–Crippen LogP) is 1.32. The second-order valence-electron chi connectivity index (χ2n) is 3.47. The van der Waals surface area contributed by atoms with E-state index in [1.165, 1.54) is 0 Å². The van der Waals surface area contributed by atoms with Gasteiger partial charge in [0, 0.05) is 18.4 Å². The van der Waals surface area contributed by atoms with E-state index in [1.807, 2.05) is 6.92 Å². The van der Waals surface area contributed by atoms with Crippen molar-refractivity contribution in [1.82, 2.24) is 9.97 Å². The molecule has 0 spiro atoms. The molecular formula is C10H18N4. The first kappa shape index (κ1) is 10.9. The van der Waals surface area contributed by atoms with Gasteiger partial charge in [0.25, 0.3) is 0 Å². The van der Waals surface area contributed by atoms with E-state index in [0.29, 0.717) is 6.04 Å². The topological polar surface area (TPSA) is 63.8 Å². The number of nitrogens with two attached hydrogens (primary N) is 1. The largest absolute Gasteiger partial charge is 0.366 e. The van der Waals surface area contributed by atoms with Crippen LogP contribution in [0.2, 0.25) is 0 Å². The van der Waals surface area contributed by atoms with Gasteiger partial charge in [-0.25, -0.2) is 4.98 Å². The van der Waals surface area contributed by atoms with Gasteiger partial charge < -0.3 is 11.1 Å². The molecule has 0 fully saturated rings. The number of nitrogens with one attached hydrogen (secondary N) is 1. The highest BCUT2D eigenvalue weighted by Crippen LogP contribution is 2.09. The van der Waals surface area contributed by atoms with Gasteiger partial charge in [0.2, 0.25) is 0 Å². The van der Waals surface area contributed by atoms with E-state index in [2.05, 4.69) is 22.2 Å². The van der Waals surface area contributed by atoms with E-state index < -0.39 is 0 Å². The third-order valence-electron chi connectivity index (χ3n) is 2.11. The quantitative estimate of drug-likeness (QED) is 0.742. The zero-order valence-corrected chi connectivity index (χ0v) is 8.83. The Hall–Kier alpha value is -1.16. The number of aryl methyl sites for hydroxylation is 1. The van der Waals surface area contributed by atoms with E-state index in [4.69, 9.17) is 5.73 Å². The lowest BCUT2D eigenvalue weighted by Gasteiger charge is -2.14. The lowest BCUT2D eigenvalue weighted by atomic mass is 10.2. The van der Waals surface area contributed by atoms with E-state index >= 15 is 0 Å². The van der Waals surface area contributed by atoms with Gasteiger partial charge in [-0.3, -0.25) is 4.98 Å². The lowest BCUT2D eigenvalue weighted by Crippen LogP contribution is -2.18. The highest BCUT2D eigenvalue weighted by atomic mass is 15.0. The maximum Gasteiger partial charge on any atom is 0.147 e. The number of nitrogens with zero attached hydrogens (tertiary/aromatic N) is 2. The van der Waals surface area contributed by atoms with Crippen molar-refractivity contribution in [3.63, 3.8) is 0 Å². The predicted molar refractivity (Wildman–Crippen MR) is 58.1 cm³/mol. The molecule has 1 aromatic rings. The Labute approximate surface area is 85.0 Å². The van der Waals surface area contributed by atoms with Crippen LogP contribution in [0.15, 0.2) is 12.4 Å². The molecule has 0 aliphatic rings. The number of hydrogen-bond donors (Lipinski definition) is 2. The van der Waals surface area contributed by atoms with Gasteiger partial charge in [0.05, 0.1) is 5.69 Å². The number of rotatable bonds is 5. The normalized spacial score (nSPS) is 12.5. The summed E-state index contributed by atoms with van der Waals surface area (Å²) >= 11 is 0. The van der Waals surface area contributed by atoms with Crippen LogP contribution in [0.5, 0.6) is 0 Å². The molecule has 4 heteroatoms. The van der Waals surface area contributed by atoms with Crippen LogP contribution >= 0.6 is 0 Å². The molecule has 0 amide bonds. The summed E-state index contributed by atoms with van der Waals surface area (Å²) in [4.78, 5) is 8.38. The molecule has 0 aliphatic carbocycles. The standard InChI is InChI=1S/C10H18N4/c1-8(4-3-5-11)14-10-9(2)12-6-7-13-10/h6-8H,3-5,11H2,1-2H3,(H,13,14). The number of hydrogen-bond acceptors (Lipinski definition) is 4. The van der Waals surface area contributed by atoms with Gasteiger partial charge in [-0.1, -0.05) is 0 Å². The molecule has 0 radical (unpaired) electrons. The Morgan fingerprint density at radius 2 is 2.14 bits per heavy atom. The number of anilines is 1. The van der Waals surface area contributed by atoms with Crippen LogP contribution in [0.25, 0.3) is 0 Å². The lowest BCUT2D eigenvalue weighted by molar-refractivity contribution is 0.659. The third-order valence-corrected chi connectivity index (χ3v) is 2.11. The van der Waals surface area contributed by atoms with Gasteiger partial charge in [-0.05, 0) is 33.2 Å². The third kappa shape index (κ3) is 3.30. The minimum absolute atomic E-state index is 0.397. The highest BCUT2D eigenvalue weighted by molar-refractivity contribution is 5.38. The van der Waals surface area contributed by atoms with Crippen molar-refractivity contribution >= 4 is 5.82 Å². The molecule has 4 nitrogen and oxygen atoms in total. The summed E-state index contributed by atoms with van der Waals surface area (Å²) in [5.41, 5.74) is 6.38. The minimum atomic E-state index is 0.397. The van der Waals surface area contributed by atoms with E-state index in [-0.39, 0.29) is 0 Å². The van der Waals surface area contributed by atoms with Crippen molar-refractivity contribution < 1.29 is 0 Å². The average molecular weight is 194 g/mol. The van der Waals surface area contributed by atoms with Crippen LogP contribution in [-0.4, -0.2) is 22.6 Å². The average Bonchev–Trinajstić information content (AvgIpc) is 2.18. The summed E-state index contributed by atoms with van der Waals surface area (Å²) < 4.78 is 0. The van der Waals surface area contributed by atoms with Gasteiger partial charge in [-0.2, -0.15) is 0 Å². The van der Waals surface area contributed by atoms with Gasteiger partial charge in [0.1, 0.15) is 5.82 Å². The van der Waals surface area contributed by atoms with Gasteiger partial charge in [-0.15, -0.1) is 0 Å². The second-order valence-corrected chi connectivity index (χ2v) is 3.47. The molecule has 3 N–H and O–H groups in total. The van der Waals surface area contributed by atoms with E-state index in [0.717, 1.165) is 30.9 Å². The molecule has 1 heterocycles. The molecular weight excluding hydrogens is 176 g/mol. The van der Waals surface area contributed by atoms with Crippen molar-refractivity contribution in [2.45, 2.75) is 32.7 Å². The second kappa shape index (κ2) is 5.54. The summed E-state index contributed by atoms with van der Waals surface area (Å²) in [6.07, 6.45) is 5.50.